The van der Waals surface area contributed by atoms with Crippen molar-refractivity contribution in [2.45, 2.75) is 20.8 Å². The van der Waals surface area contributed by atoms with Crippen molar-refractivity contribution in [2.75, 3.05) is 21.3 Å². The van der Waals surface area contributed by atoms with E-state index in [-0.39, 0.29) is 62.2 Å². The zero-order valence-electron chi connectivity index (χ0n) is 27.0. The summed E-state index contributed by atoms with van der Waals surface area (Å²) in [7, 11) is 4.23. The Morgan fingerprint density at radius 3 is 1.90 bits per heavy atom. The zero-order valence-corrected chi connectivity index (χ0v) is 27.0. The summed E-state index contributed by atoms with van der Waals surface area (Å²) in [6, 6.07) is 15.1. The lowest BCUT2D eigenvalue weighted by Gasteiger charge is -2.16. The molecule has 4 aromatic carbocycles. The van der Waals surface area contributed by atoms with Gasteiger partial charge in [-0.25, -0.2) is 9.59 Å². The number of carbonyl (C=O) groups excluding carboxylic acids is 3. The number of phenolic OH excluding ortho intramolecular Hbond substituents is 2. The first-order chi connectivity index (χ1) is 22.8. The minimum absolute atomic E-state index is 0.0419. The van der Waals surface area contributed by atoms with E-state index in [1.54, 1.807) is 12.1 Å². The molecule has 0 bridgehead atoms. The highest BCUT2D eigenvalue weighted by Gasteiger charge is 2.26. The number of methoxy groups -OCH3 is 3. The average Bonchev–Trinajstić information content (AvgIpc) is 3.06. The van der Waals surface area contributed by atoms with Crippen molar-refractivity contribution in [1.29, 1.82) is 0 Å². The summed E-state index contributed by atoms with van der Waals surface area (Å²) in [6.45, 7) is 4.35. The lowest BCUT2D eigenvalue weighted by atomic mass is 10.0. The summed E-state index contributed by atoms with van der Waals surface area (Å²) in [5, 5.41) is 39.5. The molecule has 0 atom stereocenters. The Kier molecular flexibility index (Phi) is 11.9. The summed E-state index contributed by atoms with van der Waals surface area (Å²) in [6.07, 6.45) is 3.44. The van der Waals surface area contributed by atoms with Crippen LogP contribution in [0.1, 0.15) is 63.7 Å². The molecular weight excluding hydrogens is 624 g/mol. The second-order valence-corrected chi connectivity index (χ2v) is 10.2. The van der Waals surface area contributed by atoms with E-state index in [0.29, 0.717) is 17.6 Å². The second-order valence-electron chi connectivity index (χ2n) is 10.2. The molecule has 0 saturated heterocycles. The van der Waals surface area contributed by atoms with Crippen molar-refractivity contribution in [2.24, 2.45) is 0 Å². The third-order valence-corrected chi connectivity index (χ3v) is 7.14. The fourth-order valence-electron chi connectivity index (χ4n) is 4.64. The quantitative estimate of drug-likeness (QED) is 0.0508. The van der Waals surface area contributed by atoms with Gasteiger partial charge in [0.25, 0.3) is 0 Å². The van der Waals surface area contributed by atoms with Crippen LogP contribution in [0.5, 0.6) is 40.2 Å². The largest absolute Gasteiger partial charge is 0.507 e. The normalized spacial score (nSPS) is 10.5. The molecule has 0 saturated carbocycles. The monoisotopic (exact) mass is 658 g/mol. The maximum Gasteiger partial charge on any atom is 0.347 e. The molecule has 0 radical (unpaired) electrons. The Morgan fingerprint density at radius 2 is 1.33 bits per heavy atom. The van der Waals surface area contributed by atoms with Crippen LogP contribution in [0.4, 0.5) is 0 Å². The van der Waals surface area contributed by atoms with Gasteiger partial charge in [-0.1, -0.05) is 36.4 Å². The second kappa shape index (κ2) is 15.8. The lowest BCUT2D eigenvalue weighted by Crippen LogP contribution is -2.14. The van der Waals surface area contributed by atoms with Crippen molar-refractivity contribution < 1.29 is 58.6 Å². The van der Waals surface area contributed by atoms with Gasteiger partial charge in [-0.2, -0.15) is 0 Å². The molecule has 4 aromatic rings. The molecule has 12 heteroatoms. The summed E-state index contributed by atoms with van der Waals surface area (Å²) in [5.41, 5.74) is 0.710. The summed E-state index contributed by atoms with van der Waals surface area (Å²) in [4.78, 5) is 47.4. The number of aryl methyl sites for hydroxylation is 2. The molecule has 250 valence electrons. The lowest BCUT2D eigenvalue weighted by molar-refractivity contribution is 0.0681. The number of hydrogen-bond donors (Lipinski definition) is 4. The number of ketones is 1. The Hall–Kier alpha value is -6.30. The van der Waals surface area contributed by atoms with Crippen molar-refractivity contribution >= 4 is 30.1 Å². The topological polar surface area (TPSA) is 186 Å². The van der Waals surface area contributed by atoms with Gasteiger partial charge in [0.2, 0.25) is 0 Å². The average molecular weight is 659 g/mol. The first-order valence-corrected chi connectivity index (χ1v) is 14.2. The number of aromatic carboxylic acids is 1. The number of carbonyl (C=O) groups is 4. The van der Waals surface area contributed by atoms with Crippen LogP contribution in [0.15, 0.2) is 60.7 Å². The van der Waals surface area contributed by atoms with Crippen LogP contribution in [0.25, 0.3) is 6.08 Å². The minimum Gasteiger partial charge on any atom is -0.507 e. The van der Waals surface area contributed by atoms with E-state index in [4.69, 9.17) is 18.9 Å². The van der Waals surface area contributed by atoms with Crippen molar-refractivity contribution in [3.05, 3.63) is 105 Å². The van der Waals surface area contributed by atoms with Crippen molar-refractivity contribution in [1.82, 2.24) is 0 Å². The SMILES string of the molecule is COc1cc(C)c(C(=O)Oc2cc(C)c(O)c(C(=O)O)c2C)c(O)c1C=O.COc1cc(O)c(C(=O)C=Cc2ccccc2)c(OC)c1. The van der Waals surface area contributed by atoms with Gasteiger partial charge in [0.15, 0.2) is 12.1 Å². The molecule has 48 heavy (non-hydrogen) atoms. The molecular formula is C36H34O12. The Balaban J connectivity index is 0.000000269. The van der Waals surface area contributed by atoms with Crippen LogP contribution in [0.3, 0.4) is 0 Å². The standard InChI is InChI=1S/C19H18O8.C17H16O4/c1-8-5-13(26-4)11(7-20)17(22)14(8)19(25)27-12-6-9(2)16(21)15(10(12)3)18(23)24;1-20-13-10-15(19)17(16(11-13)21-2)14(18)9-8-12-6-4-3-5-7-12/h5-7,21-22H,1-4H3,(H,23,24);3-11,19H,1-2H3. The van der Waals surface area contributed by atoms with Gasteiger partial charge in [0, 0.05) is 17.7 Å². The zero-order chi connectivity index (χ0) is 35.7. The summed E-state index contributed by atoms with van der Waals surface area (Å²) < 4.78 is 20.4. The smallest absolute Gasteiger partial charge is 0.347 e. The number of benzene rings is 4. The number of hydrogen-bond acceptors (Lipinski definition) is 11. The van der Waals surface area contributed by atoms with Gasteiger partial charge in [0.05, 0.1) is 26.9 Å². The van der Waals surface area contributed by atoms with Gasteiger partial charge in [-0.15, -0.1) is 0 Å². The molecule has 12 nitrogen and oxygen atoms in total. The van der Waals surface area contributed by atoms with E-state index in [1.807, 2.05) is 30.3 Å². The summed E-state index contributed by atoms with van der Waals surface area (Å²) in [5.74, 6) is -3.19. The minimum atomic E-state index is -1.38. The summed E-state index contributed by atoms with van der Waals surface area (Å²) >= 11 is 0. The molecule has 0 spiro atoms. The van der Waals surface area contributed by atoms with Crippen LogP contribution >= 0.6 is 0 Å². The molecule has 0 amide bonds. The van der Waals surface area contributed by atoms with Gasteiger partial charge in [-0.05, 0) is 55.7 Å². The number of allylic oxidation sites excluding steroid dienone is 1. The third kappa shape index (κ3) is 7.91. The van der Waals surface area contributed by atoms with E-state index >= 15 is 0 Å². The number of rotatable bonds is 10. The molecule has 4 N–H and O–H groups in total. The highest BCUT2D eigenvalue weighted by atomic mass is 16.5. The Morgan fingerprint density at radius 1 is 0.708 bits per heavy atom. The Bertz CT molecular complexity index is 1890. The molecule has 4 rings (SSSR count). The maximum absolute atomic E-state index is 12.6. The molecule has 0 fully saturated rings. The molecule has 0 aliphatic carbocycles. The predicted molar refractivity (Wildman–Crippen MR) is 175 cm³/mol. The molecule has 0 aromatic heterocycles. The number of carboxylic acids is 1. The number of carboxylic acid groups (broad SMARTS) is 1. The first kappa shape index (κ1) is 36.2. The fraction of sp³-hybridized carbons (Fsp3) is 0.167. The number of aldehydes is 1. The fourth-order valence-corrected chi connectivity index (χ4v) is 4.64. The van der Waals surface area contributed by atoms with E-state index < -0.39 is 23.4 Å². The van der Waals surface area contributed by atoms with E-state index in [0.717, 1.165) is 5.56 Å². The van der Waals surface area contributed by atoms with E-state index in [9.17, 15) is 39.6 Å². The molecule has 0 aliphatic heterocycles. The first-order valence-electron chi connectivity index (χ1n) is 14.2. The van der Waals surface area contributed by atoms with Crippen LogP contribution < -0.4 is 18.9 Å². The number of aromatic hydroxyl groups is 3. The van der Waals surface area contributed by atoms with Crippen LogP contribution in [0.2, 0.25) is 0 Å². The maximum atomic E-state index is 12.6. The Labute approximate surface area is 276 Å². The van der Waals surface area contributed by atoms with Gasteiger partial charge in [-0.3, -0.25) is 9.59 Å². The molecule has 0 heterocycles. The van der Waals surface area contributed by atoms with E-state index in [1.165, 1.54) is 66.4 Å². The van der Waals surface area contributed by atoms with Crippen LogP contribution in [0, 0.1) is 20.8 Å². The van der Waals surface area contributed by atoms with E-state index in [2.05, 4.69) is 0 Å². The number of esters is 1. The third-order valence-electron chi connectivity index (χ3n) is 7.14. The number of ether oxygens (including phenoxy) is 4. The molecule has 0 unspecified atom stereocenters. The van der Waals surface area contributed by atoms with Crippen molar-refractivity contribution in [3.8, 4) is 40.2 Å². The van der Waals surface area contributed by atoms with Crippen molar-refractivity contribution in [3.63, 3.8) is 0 Å². The number of phenols is 3. The van der Waals surface area contributed by atoms with Gasteiger partial charge >= 0.3 is 11.9 Å². The highest BCUT2D eigenvalue weighted by Crippen LogP contribution is 2.37. The van der Waals surface area contributed by atoms with Gasteiger partial charge < -0.3 is 39.4 Å². The predicted octanol–water partition coefficient (Wildman–Crippen LogP) is 6.07. The molecule has 0 aliphatic rings. The van der Waals surface area contributed by atoms with Gasteiger partial charge in [0.1, 0.15) is 56.9 Å². The van der Waals surface area contributed by atoms with Crippen LogP contribution in [-0.4, -0.2) is 65.8 Å². The van der Waals surface area contributed by atoms with Crippen LogP contribution in [-0.2, 0) is 0 Å². The highest BCUT2D eigenvalue weighted by molar-refractivity contribution is 6.10.